The summed E-state index contributed by atoms with van der Waals surface area (Å²) in [5.74, 6) is 2.59. The van der Waals surface area contributed by atoms with Crippen molar-refractivity contribution in [3.8, 4) is 34.2 Å². The van der Waals surface area contributed by atoms with Crippen LogP contribution in [0.5, 0.6) is 0 Å². The minimum absolute atomic E-state index is 0.569. The number of allylic oxidation sites excluding steroid dienone is 1. The molecule has 0 aliphatic carbocycles. The molecule has 0 saturated heterocycles. The first-order valence-corrected chi connectivity index (χ1v) is 14.0. The van der Waals surface area contributed by atoms with Crippen molar-refractivity contribution in [2.24, 2.45) is 0 Å². The van der Waals surface area contributed by atoms with Crippen molar-refractivity contribution in [3.05, 3.63) is 114 Å². The highest BCUT2D eigenvalue weighted by molar-refractivity contribution is 7.26. The summed E-state index contributed by atoms with van der Waals surface area (Å²) in [6.07, 6.45) is 5.76. The van der Waals surface area contributed by atoms with Gasteiger partial charge in [-0.05, 0) is 43.7 Å². The molecule has 0 spiro atoms. The molecule has 7 rings (SSSR count). The van der Waals surface area contributed by atoms with E-state index in [-0.39, 0.29) is 0 Å². The van der Waals surface area contributed by atoms with Crippen molar-refractivity contribution >= 4 is 54.6 Å². The molecule has 0 saturated carbocycles. The van der Waals surface area contributed by atoms with Crippen molar-refractivity contribution < 1.29 is 4.42 Å². The lowest BCUT2D eigenvalue weighted by Gasteiger charge is -2.10. The Kier molecular flexibility index (Phi) is 5.87. The Morgan fingerprint density at radius 1 is 0.725 bits per heavy atom. The molecule has 0 amide bonds. The maximum absolute atomic E-state index is 6.38. The summed E-state index contributed by atoms with van der Waals surface area (Å²) in [5.41, 5.74) is 5.67. The smallest absolute Gasteiger partial charge is 0.167 e. The second kappa shape index (κ2) is 9.70. The second-order valence-electron chi connectivity index (χ2n) is 9.67. The largest absolute Gasteiger partial charge is 0.455 e. The molecule has 3 heterocycles. The van der Waals surface area contributed by atoms with Gasteiger partial charge in [-0.15, -0.1) is 11.3 Å². The van der Waals surface area contributed by atoms with Crippen molar-refractivity contribution in [2.45, 2.75) is 13.8 Å². The van der Waals surface area contributed by atoms with Gasteiger partial charge in [-0.1, -0.05) is 85.5 Å². The number of thiophene rings is 1. The number of nitrogens with zero attached hydrogens (tertiary/aromatic N) is 3. The Hall–Kier alpha value is -4.87. The van der Waals surface area contributed by atoms with Crippen LogP contribution in [-0.4, -0.2) is 15.0 Å². The van der Waals surface area contributed by atoms with E-state index in [1.54, 1.807) is 11.3 Å². The highest BCUT2D eigenvalue weighted by atomic mass is 32.1. The monoisotopic (exact) mass is 535 g/mol. The van der Waals surface area contributed by atoms with Crippen LogP contribution in [0.2, 0.25) is 0 Å². The van der Waals surface area contributed by atoms with E-state index in [0.717, 1.165) is 39.0 Å². The predicted octanol–water partition coefficient (Wildman–Crippen LogP) is 9.97. The lowest BCUT2D eigenvalue weighted by Crippen LogP contribution is -2.00. The van der Waals surface area contributed by atoms with Crippen LogP contribution in [0.25, 0.3) is 77.5 Å². The van der Waals surface area contributed by atoms with Crippen LogP contribution in [0.4, 0.5) is 0 Å². The van der Waals surface area contributed by atoms with E-state index in [2.05, 4.69) is 49.9 Å². The molecule has 4 nitrogen and oxygen atoms in total. The van der Waals surface area contributed by atoms with Crippen LogP contribution in [0.15, 0.2) is 102 Å². The van der Waals surface area contributed by atoms with Gasteiger partial charge in [-0.2, -0.15) is 0 Å². The first-order chi connectivity index (χ1) is 19.7. The Morgan fingerprint density at radius 3 is 2.17 bits per heavy atom. The van der Waals surface area contributed by atoms with Gasteiger partial charge < -0.3 is 4.42 Å². The molecule has 0 atom stereocenters. The molecular weight excluding hydrogens is 510 g/mol. The fourth-order valence-corrected chi connectivity index (χ4v) is 6.59. The lowest BCUT2D eigenvalue weighted by molar-refractivity contribution is 0.604. The summed E-state index contributed by atoms with van der Waals surface area (Å²) in [6, 6.07) is 29.0. The second-order valence-corrected chi connectivity index (χ2v) is 10.8. The summed E-state index contributed by atoms with van der Waals surface area (Å²) in [5, 5.41) is 3.41. The molecule has 5 heteroatoms. The zero-order chi connectivity index (χ0) is 27.2. The van der Waals surface area contributed by atoms with Gasteiger partial charge in [0.1, 0.15) is 11.3 Å². The van der Waals surface area contributed by atoms with Gasteiger partial charge in [0.05, 0.1) is 5.56 Å². The number of benzene rings is 4. The van der Waals surface area contributed by atoms with Gasteiger partial charge in [0.2, 0.25) is 0 Å². The van der Waals surface area contributed by atoms with Crippen LogP contribution >= 0.6 is 11.3 Å². The van der Waals surface area contributed by atoms with E-state index >= 15 is 0 Å². The number of aromatic nitrogens is 3. The third-order valence-corrected chi connectivity index (χ3v) is 8.30. The van der Waals surface area contributed by atoms with Gasteiger partial charge in [0.25, 0.3) is 0 Å². The van der Waals surface area contributed by atoms with Crippen molar-refractivity contribution in [1.29, 1.82) is 0 Å². The van der Waals surface area contributed by atoms with E-state index in [1.807, 2.05) is 73.7 Å². The number of rotatable bonds is 5. The first-order valence-electron chi connectivity index (χ1n) is 13.2. The van der Waals surface area contributed by atoms with Crippen LogP contribution < -0.4 is 0 Å². The van der Waals surface area contributed by atoms with Gasteiger partial charge in [-0.25, -0.2) is 15.0 Å². The van der Waals surface area contributed by atoms with Gasteiger partial charge >= 0.3 is 0 Å². The number of furan rings is 1. The van der Waals surface area contributed by atoms with Gasteiger partial charge in [-0.3, -0.25) is 0 Å². The summed E-state index contributed by atoms with van der Waals surface area (Å²) < 4.78 is 8.85. The van der Waals surface area contributed by atoms with E-state index in [9.17, 15) is 0 Å². The van der Waals surface area contributed by atoms with Crippen LogP contribution in [0.1, 0.15) is 23.8 Å². The standard InChI is InChI=1S/C35H25N3OS/c1-4-12-27-23(5-2)24-16-10-18-26(32(24)39-27)35-37-33(22-14-7-6-8-15-22)36-34(38-35)25-17-11-20-29-31(25)30-21(3)13-9-19-28(30)40-29/h4-20H,2H2,1,3H3/b12-4-. The molecule has 0 bridgehead atoms. The average molecular weight is 536 g/mol. The molecule has 4 aromatic carbocycles. The first kappa shape index (κ1) is 24.2. The Balaban J connectivity index is 1.55. The molecule has 0 aliphatic heterocycles. The normalized spacial score (nSPS) is 11.8. The zero-order valence-electron chi connectivity index (χ0n) is 22.2. The summed E-state index contributed by atoms with van der Waals surface area (Å²) in [7, 11) is 0. The average Bonchev–Trinajstić information content (AvgIpc) is 3.56. The molecule has 0 fully saturated rings. The minimum atomic E-state index is 0.569. The zero-order valence-corrected chi connectivity index (χ0v) is 23.0. The van der Waals surface area contributed by atoms with Gasteiger partial charge in [0.15, 0.2) is 17.5 Å². The molecular formula is C35H25N3OS. The minimum Gasteiger partial charge on any atom is -0.455 e. The van der Waals surface area contributed by atoms with E-state index in [1.165, 1.54) is 25.7 Å². The van der Waals surface area contributed by atoms with Crippen molar-refractivity contribution in [1.82, 2.24) is 15.0 Å². The summed E-state index contributed by atoms with van der Waals surface area (Å²) >= 11 is 1.80. The molecule has 40 heavy (non-hydrogen) atoms. The van der Waals surface area contributed by atoms with Gasteiger partial charge in [0, 0.05) is 42.2 Å². The number of aryl methyl sites for hydroxylation is 1. The van der Waals surface area contributed by atoms with Crippen molar-refractivity contribution in [2.75, 3.05) is 0 Å². The van der Waals surface area contributed by atoms with E-state index in [4.69, 9.17) is 19.4 Å². The number of para-hydroxylation sites is 1. The number of hydrogen-bond donors (Lipinski definition) is 0. The number of hydrogen-bond acceptors (Lipinski definition) is 5. The highest BCUT2D eigenvalue weighted by Crippen LogP contribution is 2.41. The topological polar surface area (TPSA) is 51.8 Å². The third kappa shape index (κ3) is 3.86. The molecule has 0 radical (unpaired) electrons. The Bertz CT molecular complexity index is 2100. The molecule has 7 aromatic rings. The highest BCUT2D eigenvalue weighted by Gasteiger charge is 2.20. The Labute approximate surface area is 236 Å². The van der Waals surface area contributed by atoms with E-state index < -0.39 is 0 Å². The lowest BCUT2D eigenvalue weighted by atomic mass is 10.0. The Morgan fingerprint density at radius 2 is 1.40 bits per heavy atom. The van der Waals surface area contributed by atoms with Crippen LogP contribution in [0, 0.1) is 6.92 Å². The molecule has 0 aliphatic rings. The predicted molar refractivity (Wildman–Crippen MR) is 168 cm³/mol. The molecule has 192 valence electrons. The quantitative estimate of drug-likeness (QED) is 0.220. The molecule has 3 aromatic heterocycles. The van der Waals surface area contributed by atoms with Crippen molar-refractivity contribution in [3.63, 3.8) is 0 Å². The molecule has 0 unspecified atom stereocenters. The molecule has 0 N–H and O–H groups in total. The van der Waals surface area contributed by atoms with Crippen LogP contribution in [-0.2, 0) is 0 Å². The van der Waals surface area contributed by atoms with E-state index in [0.29, 0.717) is 17.5 Å². The van der Waals surface area contributed by atoms with Crippen LogP contribution in [0.3, 0.4) is 0 Å². The SMILES string of the molecule is C=Cc1c(/C=C\C)oc2c(-c3nc(-c4ccccc4)nc(-c4cccc5sc6cccc(C)c6c45)n3)cccc12. The maximum Gasteiger partial charge on any atom is 0.167 e. The maximum atomic E-state index is 6.38. The summed E-state index contributed by atoms with van der Waals surface area (Å²) in [4.78, 5) is 15.1. The fraction of sp³-hybridized carbons (Fsp3) is 0.0571. The third-order valence-electron chi connectivity index (χ3n) is 7.18. The fourth-order valence-electron chi connectivity index (χ4n) is 5.38. The summed E-state index contributed by atoms with van der Waals surface area (Å²) in [6.45, 7) is 8.17. The number of fused-ring (bicyclic) bond motifs is 4.